The second kappa shape index (κ2) is 14.5. The number of halogens is 4. The van der Waals surface area contributed by atoms with Crippen LogP contribution in [0, 0.1) is 11.8 Å². The number of aromatic amines is 1. The molecule has 0 saturated carbocycles. The molecule has 5 heterocycles. The van der Waals surface area contributed by atoms with Crippen LogP contribution in [0.2, 0.25) is 5.02 Å². The van der Waals surface area contributed by atoms with Gasteiger partial charge in [0.2, 0.25) is 11.8 Å². The lowest BCUT2D eigenvalue weighted by Gasteiger charge is -2.41. The summed E-state index contributed by atoms with van der Waals surface area (Å²) < 4.78 is 50.2. The van der Waals surface area contributed by atoms with E-state index >= 15 is 0 Å². The molecule has 0 radical (unpaired) electrons. The van der Waals surface area contributed by atoms with Crippen LogP contribution in [0.5, 0.6) is 5.75 Å². The van der Waals surface area contributed by atoms with Gasteiger partial charge in [0.1, 0.15) is 17.3 Å². The Kier molecular flexibility index (Phi) is 9.96. The van der Waals surface area contributed by atoms with E-state index in [4.69, 9.17) is 16.3 Å². The lowest BCUT2D eigenvalue weighted by Crippen LogP contribution is -2.47. The highest BCUT2D eigenvalue weighted by Crippen LogP contribution is 2.42. The number of carbonyl (C=O) groups excluding carboxylic acids is 2. The van der Waals surface area contributed by atoms with Gasteiger partial charge in [0, 0.05) is 72.2 Å². The van der Waals surface area contributed by atoms with Crippen LogP contribution in [0.25, 0.3) is 22.0 Å². The van der Waals surface area contributed by atoms with Crippen LogP contribution >= 0.6 is 11.6 Å². The number of aryl methyl sites for hydroxylation is 1. The lowest BCUT2D eigenvalue weighted by molar-refractivity contribution is -0.137. The molecular weight excluding hydrogens is 699 g/mol. The fraction of sp³-hybridized carbons (Fsp3) is 0.459. The van der Waals surface area contributed by atoms with Gasteiger partial charge in [0.25, 0.3) is 5.56 Å². The number of H-pyrrole nitrogens is 1. The van der Waals surface area contributed by atoms with Crippen LogP contribution in [-0.4, -0.2) is 70.8 Å². The van der Waals surface area contributed by atoms with E-state index in [1.807, 2.05) is 17.0 Å². The van der Waals surface area contributed by atoms with Crippen molar-refractivity contribution in [2.24, 2.45) is 18.9 Å². The molecule has 3 saturated heterocycles. The summed E-state index contributed by atoms with van der Waals surface area (Å²) in [6.07, 6.45) is 2.82. The second-order valence-electron chi connectivity index (χ2n) is 14.1. The number of amides is 2. The maximum atomic E-state index is 14.3. The fourth-order valence-corrected chi connectivity index (χ4v) is 8.33. The Balaban J connectivity index is 0.965. The van der Waals surface area contributed by atoms with Gasteiger partial charge in [-0.05, 0) is 92.9 Å². The van der Waals surface area contributed by atoms with Gasteiger partial charge in [0.05, 0.1) is 18.9 Å². The summed E-state index contributed by atoms with van der Waals surface area (Å²) in [5.41, 5.74) is 2.41. The number of imide groups is 1. The van der Waals surface area contributed by atoms with Gasteiger partial charge in [-0.3, -0.25) is 29.7 Å². The zero-order valence-corrected chi connectivity index (χ0v) is 29.7. The highest BCUT2D eigenvalue weighted by atomic mass is 35.5. The predicted octanol–water partition coefficient (Wildman–Crippen LogP) is 5.96. The van der Waals surface area contributed by atoms with Crippen molar-refractivity contribution in [1.82, 2.24) is 25.0 Å². The first-order valence-electron chi connectivity index (χ1n) is 17.6. The number of carbonyl (C=O) groups is 2. The molecule has 276 valence electrons. The van der Waals surface area contributed by atoms with Crippen molar-refractivity contribution in [3.63, 3.8) is 0 Å². The van der Waals surface area contributed by atoms with E-state index in [0.717, 1.165) is 61.5 Å². The molecule has 1 unspecified atom stereocenters. The number of methoxy groups -OCH3 is 1. The highest BCUT2D eigenvalue weighted by molar-refractivity contribution is 6.32. The molecule has 0 aliphatic carbocycles. The molecule has 15 heteroatoms. The third kappa shape index (κ3) is 7.23. The van der Waals surface area contributed by atoms with E-state index in [-0.39, 0.29) is 35.7 Å². The Labute approximate surface area is 303 Å². The van der Waals surface area contributed by atoms with Crippen molar-refractivity contribution in [3.05, 3.63) is 69.2 Å². The van der Waals surface area contributed by atoms with Crippen LogP contribution < -0.4 is 25.8 Å². The number of hydrogen-bond acceptors (Lipinski definition) is 8. The van der Waals surface area contributed by atoms with Gasteiger partial charge in [-0.15, -0.1) is 0 Å². The number of aromatic nitrogens is 3. The first-order valence-corrected chi connectivity index (χ1v) is 18.0. The van der Waals surface area contributed by atoms with Crippen LogP contribution in [0.15, 0.2) is 47.5 Å². The minimum Gasteiger partial charge on any atom is -0.496 e. The normalized spacial score (nSPS) is 19.7. The summed E-state index contributed by atoms with van der Waals surface area (Å²) in [4.78, 5) is 40.4. The molecule has 52 heavy (non-hydrogen) atoms. The van der Waals surface area contributed by atoms with Gasteiger partial charge in [-0.2, -0.15) is 18.3 Å². The minimum absolute atomic E-state index is 0.134. The Morgan fingerprint density at radius 3 is 2.38 bits per heavy atom. The Hall–Kier alpha value is -4.56. The summed E-state index contributed by atoms with van der Waals surface area (Å²) in [6, 6.07) is 7.22. The summed E-state index contributed by atoms with van der Waals surface area (Å²) in [5, 5.41) is 13.2. The van der Waals surface area contributed by atoms with Crippen molar-refractivity contribution < 1.29 is 27.5 Å². The van der Waals surface area contributed by atoms with Gasteiger partial charge < -0.3 is 19.5 Å². The number of pyridine rings is 1. The number of nitrogens with one attached hydrogen (secondary N) is 3. The summed E-state index contributed by atoms with van der Waals surface area (Å²) in [5.74, 6) is 0.673. The number of hydrogen-bond donors (Lipinski definition) is 3. The quantitative estimate of drug-likeness (QED) is 0.190. The van der Waals surface area contributed by atoms with Crippen molar-refractivity contribution in [2.75, 3.05) is 43.5 Å². The third-order valence-corrected chi connectivity index (χ3v) is 11.3. The van der Waals surface area contributed by atoms with E-state index in [9.17, 15) is 27.6 Å². The van der Waals surface area contributed by atoms with Crippen molar-refractivity contribution >= 4 is 45.7 Å². The maximum Gasteiger partial charge on any atom is 0.418 e. The number of anilines is 2. The standard InChI is InChI=1S/C37H41ClF3N7O4/c1-46-19-26(25-18-42-45-34(25)36(46)51)23-15-29(38)27(32(16-23)52-2)20-47-11-7-21(8-12-47)22-9-13-48(14-10-22)31-5-3-24(17-28(31)37(39,40)41)43-30-4-6-33(49)44-35(30)50/h3,5,15-19,21-22,30,43H,4,6-14,20H2,1-2H3,(H,42,45)(H,44,49,50). The van der Waals surface area contributed by atoms with E-state index in [1.165, 1.54) is 10.6 Å². The molecule has 3 N–H and O–H groups in total. The van der Waals surface area contributed by atoms with Crippen molar-refractivity contribution in [1.29, 1.82) is 0 Å². The minimum atomic E-state index is -4.57. The summed E-state index contributed by atoms with van der Waals surface area (Å²) >= 11 is 6.89. The molecular formula is C37H41ClF3N7O4. The van der Waals surface area contributed by atoms with Gasteiger partial charge in [0.15, 0.2) is 0 Å². The van der Waals surface area contributed by atoms with E-state index < -0.39 is 23.7 Å². The molecule has 0 spiro atoms. The topological polar surface area (TPSA) is 125 Å². The number of piperidine rings is 3. The SMILES string of the molecule is COc1cc(-c2cn(C)c(=O)c3[nH]ncc23)cc(Cl)c1CN1CCC(C2CCN(c3ccc(NC4CCC(=O)NC4=O)cc3C(F)(F)F)CC2)CC1. The number of benzene rings is 2. The maximum absolute atomic E-state index is 14.3. The predicted molar refractivity (Wildman–Crippen MR) is 193 cm³/mol. The molecule has 1 atom stereocenters. The van der Waals surface area contributed by atoms with E-state index in [0.29, 0.717) is 53.1 Å². The van der Waals surface area contributed by atoms with Crippen LogP contribution in [0.4, 0.5) is 24.5 Å². The smallest absolute Gasteiger partial charge is 0.418 e. The van der Waals surface area contributed by atoms with Crippen molar-refractivity contribution in [3.8, 4) is 16.9 Å². The van der Waals surface area contributed by atoms with Gasteiger partial charge >= 0.3 is 6.18 Å². The first-order chi connectivity index (χ1) is 24.9. The fourth-order valence-electron chi connectivity index (χ4n) is 8.06. The number of fused-ring (bicyclic) bond motifs is 1. The molecule has 2 aromatic heterocycles. The number of ether oxygens (including phenoxy) is 1. The number of likely N-dealkylation sites (tertiary alicyclic amines) is 1. The van der Waals surface area contributed by atoms with Gasteiger partial charge in [-0.1, -0.05) is 11.6 Å². The van der Waals surface area contributed by atoms with Gasteiger partial charge in [-0.25, -0.2) is 0 Å². The number of alkyl halides is 3. The Bertz CT molecular complexity index is 2050. The number of rotatable bonds is 8. The van der Waals surface area contributed by atoms with E-state index in [1.54, 1.807) is 32.6 Å². The monoisotopic (exact) mass is 739 g/mol. The molecule has 11 nitrogen and oxygen atoms in total. The third-order valence-electron chi connectivity index (χ3n) is 10.9. The highest BCUT2D eigenvalue weighted by Gasteiger charge is 2.38. The zero-order chi connectivity index (χ0) is 36.7. The van der Waals surface area contributed by atoms with Crippen LogP contribution in [-0.2, 0) is 29.4 Å². The molecule has 0 bridgehead atoms. The lowest BCUT2D eigenvalue weighted by atomic mass is 9.78. The number of nitrogens with zero attached hydrogens (tertiary/aromatic N) is 4. The molecule has 2 aromatic carbocycles. The summed E-state index contributed by atoms with van der Waals surface area (Å²) in [7, 11) is 3.32. The first kappa shape index (κ1) is 35.8. The second-order valence-corrected chi connectivity index (χ2v) is 14.5. The van der Waals surface area contributed by atoms with Crippen molar-refractivity contribution in [2.45, 2.75) is 57.3 Å². The van der Waals surface area contributed by atoms with E-state index in [2.05, 4.69) is 25.7 Å². The Morgan fingerprint density at radius 1 is 1.00 bits per heavy atom. The molecule has 3 fully saturated rings. The summed E-state index contributed by atoms with van der Waals surface area (Å²) in [6.45, 7) is 3.45. The largest absolute Gasteiger partial charge is 0.496 e. The Morgan fingerprint density at radius 2 is 1.71 bits per heavy atom. The average molecular weight is 740 g/mol. The molecule has 3 aliphatic rings. The van der Waals surface area contributed by atoms with Crippen LogP contribution in [0.3, 0.4) is 0 Å². The zero-order valence-electron chi connectivity index (χ0n) is 29.0. The molecule has 4 aromatic rings. The van der Waals surface area contributed by atoms with Crippen LogP contribution in [0.1, 0.15) is 49.7 Å². The molecule has 3 aliphatic heterocycles. The molecule has 2 amide bonds. The molecule has 7 rings (SSSR count). The average Bonchev–Trinajstić information content (AvgIpc) is 3.62.